The predicted octanol–water partition coefficient (Wildman–Crippen LogP) is 3.98. The van der Waals surface area contributed by atoms with Crippen molar-refractivity contribution in [2.24, 2.45) is 5.92 Å². The Bertz CT molecular complexity index is 1750. The highest BCUT2D eigenvalue weighted by molar-refractivity contribution is 6.05. The number of rotatable bonds is 4. The fourth-order valence-corrected chi connectivity index (χ4v) is 4.14. The number of aryl methyl sites for hydroxylation is 1. The number of hydrogen-bond donors (Lipinski definition) is 2. The Labute approximate surface area is 226 Å². The van der Waals surface area contributed by atoms with Crippen molar-refractivity contribution in [2.75, 3.05) is 12.4 Å². The highest BCUT2D eigenvalue weighted by Crippen LogP contribution is 2.37. The summed E-state index contributed by atoms with van der Waals surface area (Å²) < 4.78 is 44.4. The molecule has 9 nitrogen and oxygen atoms in total. The molecule has 5 rings (SSSR count). The van der Waals surface area contributed by atoms with Gasteiger partial charge in [0.15, 0.2) is 5.65 Å². The molecule has 2 amide bonds. The van der Waals surface area contributed by atoms with Crippen molar-refractivity contribution in [3.63, 3.8) is 0 Å². The van der Waals surface area contributed by atoms with Gasteiger partial charge in [-0.3, -0.25) is 19.0 Å². The lowest BCUT2D eigenvalue weighted by Crippen LogP contribution is -2.27. The van der Waals surface area contributed by atoms with Crippen LogP contribution in [0.15, 0.2) is 73.2 Å². The zero-order valence-electron chi connectivity index (χ0n) is 21.3. The molecule has 0 saturated heterocycles. The van der Waals surface area contributed by atoms with Gasteiger partial charge in [-0.2, -0.15) is 13.2 Å². The van der Waals surface area contributed by atoms with E-state index in [0.29, 0.717) is 22.6 Å². The van der Waals surface area contributed by atoms with Gasteiger partial charge in [-0.25, -0.2) is 9.97 Å². The van der Waals surface area contributed by atoms with Gasteiger partial charge in [0.05, 0.1) is 18.3 Å². The summed E-state index contributed by atoms with van der Waals surface area (Å²) in [6.45, 7) is 1.86. The number of fused-ring (bicyclic) bond motifs is 1. The van der Waals surface area contributed by atoms with Crippen molar-refractivity contribution in [3.05, 3.63) is 95.8 Å². The van der Waals surface area contributed by atoms with Crippen LogP contribution in [0.5, 0.6) is 0 Å². The van der Waals surface area contributed by atoms with Crippen molar-refractivity contribution in [2.45, 2.75) is 19.5 Å². The van der Waals surface area contributed by atoms with Gasteiger partial charge in [-0.1, -0.05) is 12.0 Å². The summed E-state index contributed by atoms with van der Waals surface area (Å²) in [5, 5.41) is 5.10. The summed E-state index contributed by atoms with van der Waals surface area (Å²) in [6, 6.07) is 5.09. The molecule has 12 heteroatoms. The van der Waals surface area contributed by atoms with Gasteiger partial charge in [0, 0.05) is 48.2 Å². The lowest BCUT2D eigenvalue weighted by molar-refractivity contribution is -0.161. The fraction of sp³-hybridized carbons (Fsp3) is 0.179. The summed E-state index contributed by atoms with van der Waals surface area (Å²) in [6.07, 6.45) is 6.42. The first-order valence-corrected chi connectivity index (χ1v) is 12.1. The number of amides is 2. The van der Waals surface area contributed by atoms with E-state index < -0.39 is 30.3 Å². The molecule has 1 atom stereocenters. The summed E-state index contributed by atoms with van der Waals surface area (Å²) in [7, 11) is 1.42. The van der Waals surface area contributed by atoms with Crippen LogP contribution in [0.1, 0.15) is 33.7 Å². The molecule has 202 valence electrons. The lowest BCUT2D eigenvalue weighted by Gasteiger charge is -2.24. The van der Waals surface area contributed by atoms with Crippen LogP contribution in [0.4, 0.5) is 18.9 Å². The number of carbonyl (C=O) groups excluding carboxylic acids is 2. The van der Waals surface area contributed by atoms with Gasteiger partial charge in [0.25, 0.3) is 11.8 Å². The number of alkyl halides is 3. The van der Waals surface area contributed by atoms with Crippen LogP contribution >= 0.6 is 0 Å². The number of allylic oxidation sites excluding steroid dienone is 3. The normalized spacial score (nSPS) is 15.1. The third-order valence-electron chi connectivity index (χ3n) is 6.32. The largest absolute Gasteiger partial charge is 0.395 e. The maximum Gasteiger partial charge on any atom is 0.395 e. The summed E-state index contributed by atoms with van der Waals surface area (Å²) >= 11 is 0. The van der Waals surface area contributed by atoms with E-state index in [9.17, 15) is 22.8 Å². The zero-order valence-corrected chi connectivity index (χ0v) is 21.3. The second kappa shape index (κ2) is 10.5. The number of carbonyl (C=O) groups is 2. The van der Waals surface area contributed by atoms with Gasteiger partial charge >= 0.3 is 6.18 Å². The highest BCUT2D eigenvalue weighted by atomic mass is 19.4. The van der Waals surface area contributed by atoms with E-state index in [0.717, 1.165) is 11.6 Å². The van der Waals surface area contributed by atoms with Gasteiger partial charge in [-0.15, -0.1) is 0 Å². The first kappa shape index (κ1) is 26.4. The van der Waals surface area contributed by atoms with Gasteiger partial charge < -0.3 is 15.2 Å². The Balaban J connectivity index is 1.40. The van der Waals surface area contributed by atoms with Gasteiger partial charge in [0.1, 0.15) is 17.7 Å². The van der Waals surface area contributed by atoms with E-state index in [2.05, 4.69) is 37.4 Å². The number of hydrogen-bond acceptors (Lipinski definition) is 5. The van der Waals surface area contributed by atoms with Gasteiger partial charge in [-0.05, 0) is 49.1 Å². The Hall–Kier alpha value is -5.18. The van der Waals surface area contributed by atoms with Crippen LogP contribution in [-0.4, -0.2) is 49.0 Å². The Morgan fingerprint density at radius 3 is 2.73 bits per heavy atom. The minimum absolute atomic E-state index is 0.0332. The Morgan fingerprint density at radius 2 is 1.95 bits per heavy atom. The monoisotopic (exact) mass is 545 g/mol. The van der Waals surface area contributed by atoms with Crippen LogP contribution < -0.4 is 10.6 Å². The minimum atomic E-state index is -4.57. The first-order chi connectivity index (χ1) is 19.1. The second-order valence-corrected chi connectivity index (χ2v) is 9.04. The molecule has 0 saturated carbocycles. The molecule has 1 aliphatic carbocycles. The molecule has 3 heterocycles. The number of imidazole rings is 2. The number of nitrogens with zero attached hydrogens (tertiary/aromatic N) is 5. The second-order valence-electron chi connectivity index (χ2n) is 9.04. The molecule has 0 aliphatic heterocycles. The van der Waals surface area contributed by atoms with Crippen molar-refractivity contribution in [3.8, 4) is 11.8 Å². The van der Waals surface area contributed by atoms with Crippen LogP contribution in [0.3, 0.4) is 0 Å². The number of benzene rings is 1. The van der Waals surface area contributed by atoms with Crippen molar-refractivity contribution < 1.29 is 22.8 Å². The molecule has 2 N–H and O–H groups in total. The molecule has 0 fully saturated rings. The molecule has 40 heavy (non-hydrogen) atoms. The fourth-order valence-electron chi connectivity index (χ4n) is 4.14. The average molecular weight is 546 g/mol. The van der Waals surface area contributed by atoms with Gasteiger partial charge in [0.2, 0.25) is 0 Å². The minimum Gasteiger partial charge on any atom is -0.354 e. The summed E-state index contributed by atoms with van der Waals surface area (Å²) in [4.78, 5) is 37.2. The summed E-state index contributed by atoms with van der Waals surface area (Å²) in [5.74, 6) is 3.08. The molecule has 1 unspecified atom stereocenters. The molecular formula is C28H22F3N7O2. The van der Waals surface area contributed by atoms with Crippen molar-refractivity contribution >= 4 is 28.8 Å². The van der Waals surface area contributed by atoms with Crippen LogP contribution in [0, 0.1) is 24.7 Å². The van der Waals surface area contributed by atoms with Crippen LogP contribution in [0.25, 0.3) is 11.3 Å². The number of nitrogens with one attached hydrogen (secondary N) is 2. The average Bonchev–Trinajstić information content (AvgIpc) is 3.60. The third kappa shape index (κ3) is 5.49. The molecule has 0 spiro atoms. The number of aromatic nitrogens is 5. The summed E-state index contributed by atoms with van der Waals surface area (Å²) in [5.41, 5.74) is 3.22. The molecule has 1 aliphatic rings. The quantitative estimate of drug-likeness (QED) is 0.378. The smallest absolute Gasteiger partial charge is 0.354 e. The number of halogens is 3. The SMILES string of the molecule is CNC(=O)c1cn(C2=CC(C(F)(F)F)CC(C(=O)Nc3ccc(C)c(C#Cc4cnc5cnccn45)c3)=C2)cn1. The highest BCUT2D eigenvalue weighted by Gasteiger charge is 2.41. The molecular weight excluding hydrogens is 523 g/mol. The molecule has 0 radical (unpaired) electrons. The van der Waals surface area contributed by atoms with E-state index in [-0.39, 0.29) is 17.0 Å². The third-order valence-corrected chi connectivity index (χ3v) is 6.32. The first-order valence-electron chi connectivity index (χ1n) is 12.1. The van der Waals surface area contributed by atoms with Crippen molar-refractivity contribution in [1.82, 2.24) is 29.2 Å². The van der Waals surface area contributed by atoms with E-state index in [4.69, 9.17) is 0 Å². The maximum absolute atomic E-state index is 13.8. The molecule has 4 aromatic rings. The predicted molar refractivity (Wildman–Crippen MR) is 141 cm³/mol. The van der Waals surface area contributed by atoms with Crippen LogP contribution in [-0.2, 0) is 4.79 Å². The zero-order chi connectivity index (χ0) is 28.4. The standard InChI is InChI=1S/C28H22F3N7O2/c1-17-3-5-21(10-18(17)4-6-22-13-34-25-14-33-7-8-38(22)25)36-26(39)19-9-20(28(29,30)31)12-23(11-19)37-15-24(35-16-37)27(40)32-2/h3,5,7-8,10-16,20H,9H2,1-2H3,(H,32,40)(H,36,39). The van der Waals surface area contributed by atoms with Crippen LogP contribution in [0.2, 0.25) is 0 Å². The van der Waals surface area contributed by atoms with Crippen molar-refractivity contribution in [1.29, 1.82) is 0 Å². The van der Waals surface area contributed by atoms with E-state index >= 15 is 0 Å². The molecule has 0 bridgehead atoms. The molecule has 3 aromatic heterocycles. The lowest BCUT2D eigenvalue weighted by atomic mass is 9.91. The Morgan fingerprint density at radius 1 is 1.12 bits per heavy atom. The van der Waals surface area contributed by atoms with E-state index in [1.54, 1.807) is 47.4 Å². The Kier molecular flexibility index (Phi) is 6.96. The molecule has 1 aromatic carbocycles. The topological polar surface area (TPSA) is 106 Å². The van der Waals surface area contributed by atoms with E-state index in [1.807, 2.05) is 6.92 Å². The number of anilines is 1. The maximum atomic E-state index is 13.8. The van der Waals surface area contributed by atoms with E-state index in [1.165, 1.54) is 30.2 Å².